The predicted octanol–water partition coefficient (Wildman–Crippen LogP) is 3.91. The van der Waals surface area contributed by atoms with Crippen LogP contribution >= 0.6 is 7.60 Å². The number of benzene rings is 2. The zero-order valence-corrected chi connectivity index (χ0v) is 14.2. The maximum absolute atomic E-state index is 12.4. The maximum Gasteiger partial charge on any atom is 0.408 e. The quantitative estimate of drug-likeness (QED) is 0.740. The van der Waals surface area contributed by atoms with E-state index in [1.54, 1.807) is 37.3 Å². The Morgan fingerprint density at radius 2 is 1.71 bits per heavy atom. The zero-order chi connectivity index (χ0) is 17.4. The van der Waals surface area contributed by atoms with Crippen LogP contribution in [-0.4, -0.2) is 16.8 Å². The highest BCUT2D eigenvalue weighted by atomic mass is 31.2. The summed E-state index contributed by atoms with van der Waals surface area (Å²) >= 11 is 0. The molecule has 0 fully saturated rings. The van der Waals surface area contributed by atoms with Crippen LogP contribution in [0.25, 0.3) is 0 Å². The van der Waals surface area contributed by atoms with Gasteiger partial charge in [0.15, 0.2) is 0 Å². The lowest BCUT2D eigenvalue weighted by Crippen LogP contribution is -2.35. The molecule has 0 saturated heterocycles. The van der Waals surface area contributed by atoms with Gasteiger partial charge in [0.25, 0.3) is 0 Å². The second kappa shape index (κ2) is 8.52. The summed E-state index contributed by atoms with van der Waals surface area (Å²) in [7, 11) is -4.09. The van der Waals surface area contributed by atoms with Gasteiger partial charge in [-0.25, -0.2) is 9.36 Å². The number of carbonyl (C=O) groups is 1. The van der Waals surface area contributed by atoms with Crippen LogP contribution in [0.5, 0.6) is 5.75 Å². The molecule has 0 radical (unpaired) electrons. The average Bonchev–Trinajstić information content (AvgIpc) is 2.59. The lowest BCUT2D eigenvalue weighted by atomic mass is 10.2. The van der Waals surface area contributed by atoms with E-state index in [2.05, 4.69) is 5.32 Å². The fourth-order valence-corrected chi connectivity index (χ4v) is 3.29. The van der Waals surface area contributed by atoms with Gasteiger partial charge in [0.1, 0.15) is 18.1 Å². The van der Waals surface area contributed by atoms with E-state index in [0.717, 1.165) is 5.56 Å². The third kappa shape index (κ3) is 5.41. The summed E-state index contributed by atoms with van der Waals surface area (Å²) in [6, 6.07) is 17.5. The van der Waals surface area contributed by atoms with Gasteiger partial charge < -0.3 is 19.5 Å². The summed E-state index contributed by atoms with van der Waals surface area (Å²) in [4.78, 5) is 22.0. The van der Waals surface area contributed by atoms with Crippen LogP contribution in [0.15, 0.2) is 60.7 Å². The Balaban J connectivity index is 1.92. The first kappa shape index (κ1) is 18.0. The number of hydrogen-bond acceptors (Lipinski definition) is 4. The minimum absolute atomic E-state index is 0.0817. The first-order chi connectivity index (χ1) is 11.5. The van der Waals surface area contributed by atoms with Gasteiger partial charge in [-0.2, -0.15) is 0 Å². The highest BCUT2D eigenvalue weighted by Crippen LogP contribution is 2.47. The van der Waals surface area contributed by atoms with Crippen molar-refractivity contribution in [3.05, 3.63) is 66.2 Å². The third-order valence-electron chi connectivity index (χ3n) is 3.26. The predicted molar refractivity (Wildman–Crippen MR) is 90.7 cm³/mol. The van der Waals surface area contributed by atoms with Crippen LogP contribution in [-0.2, 0) is 15.9 Å². The van der Waals surface area contributed by atoms with Gasteiger partial charge in [0.05, 0.1) is 0 Å². The summed E-state index contributed by atoms with van der Waals surface area (Å²) in [6.07, 6.45) is -0.544. The lowest BCUT2D eigenvalue weighted by molar-refractivity contribution is 0.137. The van der Waals surface area contributed by atoms with Crippen molar-refractivity contribution in [2.75, 3.05) is 0 Å². The van der Waals surface area contributed by atoms with Crippen molar-refractivity contribution in [2.24, 2.45) is 0 Å². The Morgan fingerprint density at radius 1 is 1.12 bits per heavy atom. The number of alkyl carbamates (subject to hydrolysis) is 1. The molecule has 6 nitrogen and oxygen atoms in total. The average molecular weight is 349 g/mol. The van der Waals surface area contributed by atoms with Crippen molar-refractivity contribution in [2.45, 2.75) is 25.7 Å². The third-order valence-corrected chi connectivity index (χ3v) is 5.01. The van der Waals surface area contributed by atoms with Crippen LogP contribution in [0.4, 0.5) is 4.79 Å². The highest BCUT2D eigenvalue weighted by Gasteiger charge is 2.34. The van der Waals surface area contributed by atoms with Gasteiger partial charge in [-0.05, 0) is 24.1 Å². The van der Waals surface area contributed by atoms with Gasteiger partial charge in [-0.1, -0.05) is 55.5 Å². The molecule has 2 N–H and O–H groups in total. The summed E-state index contributed by atoms with van der Waals surface area (Å²) in [5.74, 6) is -0.790. The van der Waals surface area contributed by atoms with Gasteiger partial charge in [0.2, 0.25) is 0 Å². The van der Waals surface area contributed by atoms with Gasteiger partial charge >= 0.3 is 13.7 Å². The van der Waals surface area contributed by atoms with Crippen molar-refractivity contribution in [3.8, 4) is 5.75 Å². The monoisotopic (exact) mass is 349 g/mol. The van der Waals surface area contributed by atoms with Crippen molar-refractivity contribution >= 4 is 13.7 Å². The normalized spacial score (nSPS) is 14.2. The number of amides is 1. The topological polar surface area (TPSA) is 84.9 Å². The summed E-state index contributed by atoms with van der Waals surface area (Å²) in [5.41, 5.74) is 0.827. The first-order valence-electron chi connectivity index (χ1n) is 7.55. The minimum atomic E-state index is -4.09. The maximum atomic E-state index is 12.4. The van der Waals surface area contributed by atoms with E-state index in [1.165, 1.54) is 0 Å². The van der Waals surface area contributed by atoms with Crippen molar-refractivity contribution in [3.63, 3.8) is 0 Å². The Bertz CT molecular complexity index is 693. The number of para-hydroxylation sites is 1. The van der Waals surface area contributed by atoms with E-state index in [0.29, 0.717) is 0 Å². The second-order valence-electron chi connectivity index (χ2n) is 5.10. The number of hydrogen-bond donors (Lipinski definition) is 2. The van der Waals surface area contributed by atoms with Gasteiger partial charge in [0, 0.05) is 0 Å². The standard InChI is InChI=1S/C17H20NO5P/c1-2-16(24(20,21)23-15-11-7-4-8-12-15)18-17(19)22-13-14-9-5-3-6-10-14/h3-12,16H,2,13H2,1H3,(H,18,19)(H,20,21). The number of carbonyl (C=O) groups excluding carboxylic acids is 1. The molecule has 0 aliphatic carbocycles. The molecular weight excluding hydrogens is 329 g/mol. The molecule has 7 heteroatoms. The summed E-state index contributed by atoms with van der Waals surface area (Å²) < 4.78 is 22.6. The molecule has 2 rings (SSSR count). The first-order valence-corrected chi connectivity index (χ1v) is 9.20. The number of ether oxygens (including phenoxy) is 1. The van der Waals surface area contributed by atoms with Crippen LogP contribution in [0.1, 0.15) is 18.9 Å². The Labute approximate surface area is 141 Å². The van der Waals surface area contributed by atoms with Crippen LogP contribution in [0, 0.1) is 0 Å². The van der Waals surface area contributed by atoms with Crippen molar-refractivity contribution in [1.29, 1.82) is 0 Å². The zero-order valence-electron chi connectivity index (χ0n) is 13.3. The van der Waals surface area contributed by atoms with E-state index in [1.807, 2.05) is 30.3 Å². The Kier molecular flexibility index (Phi) is 6.41. The molecule has 2 atom stereocenters. The highest BCUT2D eigenvalue weighted by molar-refractivity contribution is 7.54. The molecule has 2 aromatic rings. The molecule has 2 aromatic carbocycles. The van der Waals surface area contributed by atoms with Crippen LogP contribution < -0.4 is 9.84 Å². The molecule has 0 saturated carbocycles. The van der Waals surface area contributed by atoms with E-state index >= 15 is 0 Å². The van der Waals surface area contributed by atoms with Crippen molar-refractivity contribution in [1.82, 2.24) is 5.32 Å². The van der Waals surface area contributed by atoms with E-state index in [-0.39, 0.29) is 18.8 Å². The summed E-state index contributed by atoms with van der Waals surface area (Å²) in [6.45, 7) is 1.76. The molecule has 0 aromatic heterocycles. The van der Waals surface area contributed by atoms with Crippen molar-refractivity contribution < 1.29 is 23.5 Å². The molecule has 1 amide bonds. The van der Waals surface area contributed by atoms with E-state index in [9.17, 15) is 14.3 Å². The fraction of sp³-hybridized carbons (Fsp3) is 0.235. The Hall–Kier alpha value is -2.30. The SMILES string of the molecule is CCC(NC(=O)OCc1ccccc1)P(=O)(O)Oc1ccccc1. The summed E-state index contributed by atoms with van der Waals surface area (Å²) in [5, 5.41) is 2.40. The van der Waals surface area contributed by atoms with E-state index in [4.69, 9.17) is 9.26 Å². The van der Waals surface area contributed by atoms with Gasteiger partial charge in [-0.3, -0.25) is 0 Å². The molecule has 0 spiro atoms. The molecule has 2 unspecified atom stereocenters. The largest absolute Gasteiger partial charge is 0.445 e. The molecule has 0 aliphatic heterocycles. The lowest BCUT2D eigenvalue weighted by Gasteiger charge is -2.22. The smallest absolute Gasteiger partial charge is 0.408 e. The molecule has 0 aliphatic rings. The van der Waals surface area contributed by atoms with E-state index < -0.39 is 19.5 Å². The Morgan fingerprint density at radius 3 is 2.29 bits per heavy atom. The van der Waals surface area contributed by atoms with Crippen LogP contribution in [0.3, 0.4) is 0 Å². The fourth-order valence-electron chi connectivity index (χ4n) is 2.01. The number of rotatable bonds is 7. The molecule has 128 valence electrons. The van der Waals surface area contributed by atoms with Gasteiger partial charge in [-0.15, -0.1) is 0 Å². The minimum Gasteiger partial charge on any atom is -0.445 e. The molecule has 0 heterocycles. The molecular formula is C17H20NO5P. The molecule has 0 bridgehead atoms. The van der Waals surface area contributed by atoms with Crippen LogP contribution in [0.2, 0.25) is 0 Å². The second-order valence-corrected chi connectivity index (χ2v) is 7.03. The molecule has 24 heavy (non-hydrogen) atoms. The number of nitrogens with one attached hydrogen (secondary N) is 1.